The summed E-state index contributed by atoms with van der Waals surface area (Å²) in [7, 11) is 2.18. The molecule has 0 aliphatic heterocycles. The van der Waals surface area contributed by atoms with Crippen LogP contribution >= 0.6 is 0 Å². The Morgan fingerprint density at radius 3 is 1.25 bits per heavy atom. The van der Waals surface area contributed by atoms with Gasteiger partial charge in [-0.15, -0.1) is 0 Å². The van der Waals surface area contributed by atoms with Gasteiger partial charge < -0.3 is 4.90 Å². The largest absolute Gasteiger partial charge is 0.302 e. The van der Waals surface area contributed by atoms with Crippen LogP contribution in [0.15, 0.2) is 152 Å². The molecule has 0 bridgehead atoms. The molecular weight excluding hydrogens is 663 g/mol. The number of benzene rings is 6. The van der Waals surface area contributed by atoms with Gasteiger partial charge in [0.25, 0.3) is 0 Å². The van der Waals surface area contributed by atoms with Gasteiger partial charge in [-0.3, -0.25) is 0 Å². The SMILES string of the molecule is CC.CC.CC.CC.CC.CC.CCN(C)Cc1cccc(C2(c3ccccc3)c3ccccc3-c3ccccc32)c1.c1ccc2c(c1)Cc1ccccc1-2. The lowest BCUT2D eigenvalue weighted by molar-refractivity contribution is 0.345. The van der Waals surface area contributed by atoms with Crippen LogP contribution in [0.3, 0.4) is 0 Å². The van der Waals surface area contributed by atoms with Crippen LogP contribution in [0.25, 0.3) is 22.3 Å². The molecule has 0 unspecified atom stereocenters. The maximum absolute atomic E-state index is 2.41. The van der Waals surface area contributed by atoms with E-state index < -0.39 is 0 Å². The fourth-order valence-electron chi connectivity index (χ4n) is 7.12. The number of hydrogen-bond acceptors (Lipinski definition) is 1. The summed E-state index contributed by atoms with van der Waals surface area (Å²) in [5, 5.41) is 0. The van der Waals surface area contributed by atoms with Crippen molar-refractivity contribution in [3.8, 4) is 22.3 Å². The molecule has 0 saturated carbocycles. The highest BCUT2D eigenvalue weighted by Crippen LogP contribution is 2.56. The number of nitrogens with zero attached hydrogens (tertiary/aromatic N) is 1. The minimum Gasteiger partial charge on any atom is -0.302 e. The summed E-state index contributed by atoms with van der Waals surface area (Å²) in [6.45, 7) is 28.2. The van der Waals surface area contributed by atoms with E-state index in [1.165, 1.54) is 61.2 Å². The zero-order valence-corrected chi connectivity index (χ0v) is 37.0. The molecular formula is C54H73N. The maximum atomic E-state index is 2.41. The first-order valence-electron chi connectivity index (χ1n) is 21.4. The van der Waals surface area contributed by atoms with E-state index >= 15 is 0 Å². The second kappa shape index (κ2) is 27.0. The molecule has 1 nitrogen and oxygen atoms in total. The van der Waals surface area contributed by atoms with Gasteiger partial charge >= 0.3 is 0 Å². The first kappa shape index (κ1) is 48.3. The standard InChI is InChI=1S/C29H27N.C13H10.6C2H6/c1-3-30(2)21-22-12-11-15-24(20-22)29(23-13-5-4-6-14-23)27-18-9-7-16-25(27)26-17-8-10-19-28(26)29;1-3-7-12-10(5-1)9-11-6-2-4-8-13(11)12;6*1-2/h4-20H,3,21H2,1-2H3;1-8H,9H2;6*1-2H3. The molecule has 0 aromatic heterocycles. The van der Waals surface area contributed by atoms with Crippen molar-refractivity contribution < 1.29 is 0 Å². The van der Waals surface area contributed by atoms with Gasteiger partial charge in [0.1, 0.15) is 0 Å². The second-order valence-electron chi connectivity index (χ2n) is 11.7. The van der Waals surface area contributed by atoms with Crippen LogP contribution in [0, 0.1) is 0 Å². The summed E-state index contributed by atoms with van der Waals surface area (Å²) in [6, 6.07) is 55.3. The van der Waals surface area contributed by atoms with E-state index in [9.17, 15) is 0 Å². The summed E-state index contributed by atoms with van der Waals surface area (Å²) >= 11 is 0. The number of rotatable bonds is 5. The summed E-state index contributed by atoms with van der Waals surface area (Å²) in [5.74, 6) is 0. The van der Waals surface area contributed by atoms with E-state index in [0.717, 1.165) is 19.5 Å². The highest BCUT2D eigenvalue weighted by molar-refractivity contribution is 5.86. The molecule has 0 heterocycles. The van der Waals surface area contributed by atoms with Crippen molar-refractivity contribution in [2.24, 2.45) is 0 Å². The zero-order chi connectivity index (χ0) is 41.2. The quantitative estimate of drug-likeness (QED) is 0.170. The Hall–Kier alpha value is -4.72. The van der Waals surface area contributed by atoms with E-state index in [-0.39, 0.29) is 5.41 Å². The normalized spacial score (nSPS) is 11.1. The highest BCUT2D eigenvalue weighted by atomic mass is 15.1. The second-order valence-corrected chi connectivity index (χ2v) is 11.7. The Labute approximate surface area is 338 Å². The van der Waals surface area contributed by atoms with Gasteiger partial charge in [0.15, 0.2) is 0 Å². The first-order chi connectivity index (χ1) is 27.2. The number of hydrogen-bond donors (Lipinski definition) is 0. The Balaban J connectivity index is 0.000000503. The third kappa shape index (κ3) is 11.2. The van der Waals surface area contributed by atoms with E-state index in [1.54, 1.807) is 0 Å². The van der Waals surface area contributed by atoms with Crippen LogP contribution < -0.4 is 0 Å². The molecule has 1 heteroatoms. The Morgan fingerprint density at radius 1 is 0.418 bits per heavy atom. The molecule has 0 N–H and O–H groups in total. The van der Waals surface area contributed by atoms with E-state index in [1.807, 2.05) is 83.1 Å². The fraction of sp³-hybridized carbons (Fsp3) is 0.333. The molecule has 0 amide bonds. The van der Waals surface area contributed by atoms with Gasteiger partial charge in [-0.05, 0) is 81.2 Å². The first-order valence-corrected chi connectivity index (χ1v) is 21.4. The van der Waals surface area contributed by atoms with Gasteiger partial charge in [-0.1, -0.05) is 242 Å². The van der Waals surface area contributed by atoms with Crippen molar-refractivity contribution in [2.45, 2.75) is 108 Å². The third-order valence-corrected chi connectivity index (χ3v) is 9.22. The molecule has 6 aromatic rings. The molecule has 55 heavy (non-hydrogen) atoms. The topological polar surface area (TPSA) is 3.24 Å². The van der Waals surface area contributed by atoms with Crippen molar-refractivity contribution in [3.63, 3.8) is 0 Å². The lowest BCUT2D eigenvalue weighted by Gasteiger charge is -2.34. The van der Waals surface area contributed by atoms with Gasteiger partial charge in [0, 0.05) is 6.54 Å². The summed E-state index contributed by atoms with van der Waals surface area (Å²) in [4.78, 5) is 2.35. The van der Waals surface area contributed by atoms with Gasteiger partial charge in [-0.25, -0.2) is 0 Å². The molecule has 0 saturated heterocycles. The molecule has 6 aromatic carbocycles. The Bertz CT molecular complexity index is 1790. The molecule has 0 radical (unpaired) electrons. The average Bonchev–Trinajstić information content (AvgIpc) is 3.83. The van der Waals surface area contributed by atoms with Crippen LogP contribution in [0.5, 0.6) is 0 Å². The molecule has 0 atom stereocenters. The van der Waals surface area contributed by atoms with E-state index in [4.69, 9.17) is 0 Å². The van der Waals surface area contributed by atoms with Crippen LogP contribution in [0.1, 0.15) is 129 Å². The fourth-order valence-corrected chi connectivity index (χ4v) is 7.12. The summed E-state index contributed by atoms with van der Waals surface area (Å²) in [6.07, 6.45) is 1.10. The molecule has 294 valence electrons. The van der Waals surface area contributed by atoms with Crippen molar-refractivity contribution in [1.82, 2.24) is 4.90 Å². The highest BCUT2D eigenvalue weighted by Gasteiger charge is 2.45. The van der Waals surface area contributed by atoms with Crippen LogP contribution in [-0.2, 0) is 18.4 Å². The minimum atomic E-state index is -0.296. The molecule has 2 aliphatic carbocycles. The van der Waals surface area contributed by atoms with Gasteiger partial charge in [0.05, 0.1) is 5.41 Å². The Kier molecular flexibility index (Phi) is 23.7. The third-order valence-electron chi connectivity index (χ3n) is 9.22. The lowest BCUT2D eigenvalue weighted by atomic mass is 9.67. The summed E-state index contributed by atoms with van der Waals surface area (Å²) in [5.41, 5.74) is 14.9. The maximum Gasteiger partial charge on any atom is 0.0713 e. The predicted octanol–water partition coefficient (Wildman–Crippen LogP) is 15.9. The van der Waals surface area contributed by atoms with Crippen molar-refractivity contribution >= 4 is 0 Å². The average molecular weight is 736 g/mol. The van der Waals surface area contributed by atoms with Crippen molar-refractivity contribution in [1.29, 1.82) is 0 Å². The smallest absolute Gasteiger partial charge is 0.0713 e. The van der Waals surface area contributed by atoms with Gasteiger partial charge in [-0.2, -0.15) is 0 Å². The van der Waals surface area contributed by atoms with E-state index in [0.29, 0.717) is 0 Å². The zero-order valence-electron chi connectivity index (χ0n) is 37.0. The minimum absolute atomic E-state index is 0.296. The molecule has 2 aliphatic rings. The molecule has 0 spiro atoms. The van der Waals surface area contributed by atoms with Crippen LogP contribution in [0.2, 0.25) is 0 Å². The van der Waals surface area contributed by atoms with Crippen LogP contribution in [-0.4, -0.2) is 18.5 Å². The predicted molar refractivity (Wildman–Crippen MR) is 249 cm³/mol. The van der Waals surface area contributed by atoms with Crippen LogP contribution in [0.4, 0.5) is 0 Å². The molecule has 0 fully saturated rings. The monoisotopic (exact) mass is 736 g/mol. The van der Waals surface area contributed by atoms with Crippen molar-refractivity contribution in [3.05, 3.63) is 191 Å². The molecule has 8 rings (SSSR count). The lowest BCUT2D eigenvalue weighted by Crippen LogP contribution is -2.29. The van der Waals surface area contributed by atoms with E-state index in [2.05, 4.69) is 171 Å². The summed E-state index contributed by atoms with van der Waals surface area (Å²) < 4.78 is 0. The number of fused-ring (bicyclic) bond motifs is 6. The van der Waals surface area contributed by atoms with Gasteiger partial charge in [0.2, 0.25) is 0 Å². The Morgan fingerprint density at radius 2 is 0.800 bits per heavy atom. The van der Waals surface area contributed by atoms with Crippen molar-refractivity contribution in [2.75, 3.05) is 13.6 Å².